The van der Waals surface area contributed by atoms with Crippen LogP contribution in [-0.4, -0.2) is 21.1 Å². The zero-order valence-corrected chi connectivity index (χ0v) is 11.1. The van der Waals surface area contributed by atoms with E-state index in [1.807, 2.05) is 38.4 Å². The van der Waals surface area contributed by atoms with E-state index in [-0.39, 0.29) is 0 Å². The van der Waals surface area contributed by atoms with Crippen molar-refractivity contribution < 1.29 is 0 Å². The van der Waals surface area contributed by atoms with Gasteiger partial charge in [0.05, 0.1) is 0 Å². The lowest BCUT2D eigenvalue weighted by molar-refractivity contribution is 1.13. The molecule has 0 radical (unpaired) electrons. The normalized spacial score (nSPS) is 10.2. The molecule has 0 aromatic heterocycles. The molecule has 0 bridgehead atoms. The predicted octanol–water partition coefficient (Wildman–Crippen LogP) is 3.10. The lowest BCUT2D eigenvalue weighted by Crippen LogP contribution is -2.11. The van der Waals surface area contributed by atoms with Gasteiger partial charge in [-0.3, -0.25) is 0 Å². The maximum absolute atomic E-state index is 5.69. The maximum Gasteiger partial charge on any atom is 0.0409 e. The molecule has 18 heavy (non-hydrogen) atoms. The first-order valence-corrected chi connectivity index (χ1v) is 5.94. The molecule has 0 spiro atoms. The van der Waals surface area contributed by atoms with E-state index in [0.29, 0.717) is 0 Å². The van der Waals surface area contributed by atoms with Gasteiger partial charge in [-0.15, -0.1) is 0 Å². The summed E-state index contributed by atoms with van der Waals surface area (Å²) >= 11 is 0. The molecule has 0 heterocycles. The van der Waals surface area contributed by atoms with E-state index >= 15 is 0 Å². The summed E-state index contributed by atoms with van der Waals surface area (Å²) in [5, 5.41) is 0. The summed E-state index contributed by atoms with van der Waals surface area (Å²) in [4.78, 5) is 4.23. The van der Waals surface area contributed by atoms with Crippen molar-refractivity contribution in [1.29, 1.82) is 0 Å². The fourth-order valence-electron chi connectivity index (χ4n) is 1.82. The zero-order valence-electron chi connectivity index (χ0n) is 11.1. The minimum absolute atomic E-state index is 0.787. The second-order valence-electron chi connectivity index (χ2n) is 4.56. The van der Waals surface area contributed by atoms with Crippen LogP contribution in [-0.2, 0) is 0 Å². The van der Waals surface area contributed by atoms with Gasteiger partial charge in [-0.25, -0.2) is 0 Å². The second kappa shape index (κ2) is 5.00. The van der Waals surface area contributed by atoms with Crippen molar-refractivity contribution in [2.75, 3.05) is 36.7 Å². The Morgan fingerprint density at radius 1 is 0.667 bits per heavy atom. The Morgan fingerprint density at radius 3 is 1.50 bits per heavy atom. The van der Waals surface area contributed by atoms with Crippen LogP contribution in [0.5, 0.6) is 0 Å². The van der Waals surface area contributed by atoms with Gasteiger partial charge in [0.2, 0.25) is 0 Å². The Bertz CT molecular complexity index is 500. The standard InChI is InChI=1S/C15H19N3/c1-17(2)13-8-10-15(11-9-13)18(3)14-6-4-12(16)5-7-14/h4-11H,16H2,1-3H3. The van der Waals surface area contributed by atoms with Crippen molar-refractivity contribution in [1.82, 2.24) is 0 Å². The quantitative estimate of drug-likeness (QED) is 0.838. The van der Waals surface area contributed by atoms with E-state index in [9.17, 15) is 0 Å². The average Bonchev–Trinajstić information content (AvgIpc) is 2.39. The summed E-state index contributed by atoms with van der Waals surface area (Å²) in [7, 11) is 6.13. The van der Waals surface area contributed by atoms with Crippen molar-refractivity contribution in [2.45, 2.75) is 0 Å². The molecule has 2 aromatic rings. The first kappa shape index (κ1) is 12.3. The Morgan fingerprint density at radius 2 is 1.06 bits per heavy atom. The number of anilines is 4. The summed E-state index contributed by atoms with van der Waals surface area (Å²) < 4.78 is 0. The molecule has 2 rings (SSSR count). The van der Waals surface area contributed by atoms with E-state index in [4.69, 9.17) is 5.73 Å². The number of hydrogen-bond donors (Lipinski definition) is 1. The number of nitrogens with two attached hydrogens (primary N) is 1. The van der Waals surface area contributed by atoms with Gasteiger partial charge in [0, 0.05) is 43.9 Å². The van der Waals surface area contributed by atoms with Gasteiger partial charge in [-0.2, -0.15) is 0 Å². The Kier molecular flexibility index (Phi) is 3.42. The first-order valence-electron chi connectivity index (χ1n) is 5.94. The Hall–Kier alpha value is -2.16. The summed E-state index contributed by atoms with van der Waals surface area (Å²) in [6.45, 7) is 0. The van der Waals surface area contributed by atoms with Crippen LogP contribution in [0.3, 0.4) is 0 Å². The molecule has 0 aliphatic carbocycles. The molecule has 3 nitrogen and oxygen atoms in total. The van der Waals surface area contributed by atoms with Crippen LogP contribution in [0.4, 0.5) is 22.7 Å². The molecule has 2 aromatic carbocycles. The fourth-order valence-corrected chi connectivity index (χ4v) is 1.82. The molecule has 0 fully saturated rings. The topological polar surface area (TPSA) is 32.5 Å². The first-order chi connectivity index (χ1) is 8.58. The van der Waals surface area contributed by atoms with Gasteiger partial charge in [0.15, 0.2) is 0 Å². The van der Waals surface area contributed by atoms with Crippen LogP contribution in [0.2, 0.25) is 0 Å². The molecule has 3 heteroatoms. The van der Waals surface area contributed by atoms with Crippen LogP contribution < -0.4 is 15.5 Å². The third-order valence-corrected chi connectivity index (χ3v) is 3.03. The van der Waals surface area contributed by atoms with Crippen molar-refractivity contribution in [3.8, 4) is 0 Å². The van der Waals surface area contributed by atoms with Crippen molar-refractivity contribution in [2.24, 2.45) is 0 Å². The highest BCUT2D eigenvalue weighted by Gasteiger charge is 2.04. The van der Waals surface area contributed by atoms with Gasteiger partial charge in [-0.05, 0) is 48.5 Å². The predicted molar refractivity (Wildman–Crippen MR) is 79.7 cm³/mol. The van der Waals surface area contributed by atoms with Crippen LogP contribution in [0.15, 0.2) is 48.5 Å². The van der Waals surface area contributed by atoms with E-state index < -0.39 is 0 Å². The largest absolute Gasteiger partial charge is 0.399 e. The zero-order chi connectivity index (χ0) is 13.1. The lowest BCUT2D eigenvalue weighted by Gasteiger charge is -2.21. The summed E-state index contributed by atoms with van der Waals surface area (Å²) in [6, 6.07) is 16.3. The molecule has 94 valence electrons. The number of rotatable bonds is 3. The maximum atomic E-state index is 5.69. The fraction of sp³-hybridized carbons (Fsp3) is 0.200. The van der Waals surface area contributed by atoms with E-state index in [1.165, 1.54) is 5.69 Å². The molecule has 0 aliphatic rings. The van der Waals surface area contributed by atoms with Crippen LogP contribution in [0, 0.1) is 0 Å². The van der Waals surface area contributed by atoms with Crippen LogP contribution >= 0.6 is 0 Å². The second-order valence-corrected chi connectivity index (χ2v) is 4.56. The number of hydrogen-bond acceptors (Lipinski definition) is 3. The molecule has 0 saturated carbocycles. The third kappa shape index (κ3) is 2.56. The van der Waals surface area contributed by atoms with Gasteiger partial charge < -0.3 is 15.5 Å². The van der Waals surface area contributed by atoms with Crippen molar-refractivity contribution in [3.05, 3.63) is 48.5 Å². The van der Waals surface area contributed by atoms with Gasteiger partial charge in [0.1, 0.15) is 0 Å². The van der Waals surface area contributed by atoms with Crippen molar-refractivity contribution in [3.63, 3.8) is 0 Å². The molecule has 0 aliphatic heterocycles. The Balaban J connectivity index is 2.23. The molecule has 0 amide bonds. The van der Waals surface area contributed by atoms with Crippen molar-refractivity contribution >= 4 is 22.7 Å². The van der Waals surface area contributed by atoms with Crippen LogP contribution in [0.25, 0.3) is 0 Å². The molecular weight excluding hydrogens is 222 g/mol. The third-order valence-electron chi connectivity index (χ3n) is 3.03. The minimum atomic E-state index is 0.787. The minimum Gasteiger partial charge on any atom is -0.399 e. The van der Waals surface area contributed by atoms with Gasteiger partial charge in [0.25, 0.3) is 0 Å². The van der Waals surface area contributed by atoms with Crippen LogP contribution in [0.1, 0.15) is 0 Å². The summed E-state index contributed by atoms with van der Waals surface area (Å²) in [6.07, 6.45) is 0. The Labute approximate surface area is 108 Å². The van der Waals surface area contributed by atoms with Gasteiger partial charge in [-0.1, -0.05) is 0 Å². The molecule has 0 atom stereocenters. The number of nitrogens with zero attached hydrogens (tertiary/aromatic N) is 2. The molecule has 0 unspecified atom stereocenters. The van der Waals surface area contributed by atoms with E-state index in [1.54, 1.807) is 0 Å². The molecular formula is C15H19N3. The van der Waals surface area contributed by atoms with E-state index in [2.05, 4.69) is 41.1 Å². The summed E-state index contributed by atoms with van der Waals surface area (Å²) in [5.74, 6) is 0. The highest BCUT2D eigenvalue weighted by Crippen LogP contribution is 2.25. The summed E-state index contributed by atoms with van der Waals surface area (Å²) in [5.41, 5.74) is 9.96. The average molecular weight is 241 g/mol. The number of nitrogen functional groups attached to an aromatic ring is 1. The molecule has 2 N–H and O–H groups in total. The highest BCUT2D eigenvalue weighted by molar-refractivity contribution is 5.66. The monoisotopic (exact) mass is 241 g/mol. The SMILES string of the molecule is CN(C)c1ccc(N(C)c2ccc(N)cc2)cc1. The van der Waals surface area contributed by atoms with E-state index in [0.717, 1.165) is 17.1 Å². The highest BCUT2D eigenvalue weighted by atomic mass is 15.1. The number of benzene rings is 2. The molecule has 0 saturated heterocycles. The lowest BCUT2D eigenvalue weighted by atomic mass is 10.2. The smallest absolute Gasteiger partial charge is 0.0409 e. The van der Waals surface area contributed by atoms with Gasteiger partial charge >= 0.3 is 0 Å².